The zero-order valence-electron chi connectivity index (χ0n) is 15.5. The van der Waals surface area contributed by atoms with Gasteiger partial charge in [0.25, 0.3) is 0 Å². The summed E-state index contributed by atoms with van der Waals surface area (Å²) in [7, 11) is 0. The molecule has 0 saturated carbocycles. The first kappa shape index (κ1) is 18.8. The van der Waals surface area contributed by atoms with Crippen LogP contribution in [-0.4, -0.2) is 13.1 Å². The Morgan fingerprint density at radius 3 is 2.36 bits per heavy atom. The predicted octanol–water partition coefficient (Wildman–Crippen LogP) is 6.65. The summed E-state index contributed by atoms with van der Waals surface area (Å²) in [6.07, 6.45) is 10.0. The van der Waals surface area contributed by atoms with Gasteiger partial charge in [-0.25, -0.2) is 0 Å². The molecule has 0 bridgehead atoms. The van der Waals surface area contributed by atoms with Gasteiger partial charge in [0.15, 0.2) is 0 Å². The zero-order chi connectivity index (χ0) is 18.1. The third-order valence-electron chi connectivity index (χ3n) is 4.32. The van der Waals surface area contributed by atoms with Crippen LogP contribution in [0.5, 0.6) is 0 Å². The van der Waals surface area contributed by atoms with Crippen LogP contribution in [0.3, 0.4) is 0 Å². The number of allylic oxidation sites excluding steroid dienone is 2. The van der Waals surface area contributed by atoms with Gasteiger partial charge in [0.1, 0.15) is 0 Å². The van der Waals surface area contributed by atoms with Crippen molar-refractivity contribution in [2.45, 2.75) is 26.7 Å². The molecule has 0 N–H and O–H groups in total. The van der Waals surface area contributed by atoms with Crippen LogP contribution in [-0.2, 0) is 0 Å². The zero-order valence-corrected chi connectivity index (χ0v) is 15.5. The summed E-state index contributed by atoms with van der Waals surface area (Å²) in [6, 6.07) is 15.5. The molecular weight excluding hydrogens is 302 g/mol. The molecule has 0 aliphatic rings. The monoisotopic (exact) mass is 331 g/mol. The molecule has 130 valence electrons. The molecule has 0 aromatic heterocycles. The molecule has 1 nitrogen and oxygen atoms in total. The third kappa shape index (κ3) is 5.22. The summed E-state index contributed by atoms with van der Waals surface area (Å²) in [5.74, 6) is 0. The summed E-state index contributed by atoms with van der Waals surface area (Å²) >= 11 is 0. The summed E-state index contributed by atoms with van der Waals surface area (Å²) < 4.78 is 0. The van der Waals surface area contributed by atoms with E-state index in [2.05, 4.69) is 80.4 Å². The van der Waals surface area contributed by atoms with Crippen molar-refractivity contribution in [3.63, 3.8) is 0 Å². The lowest BCUT2D eigenvalue weighted by molar-refractivity contribution is 0.765. The van der Waals surface area contributed by atoms with E-state index in [1.807, 2.05) is 12.2 Å². The Hall–Kier alpha value is -2.54. The van der Waals surface area contributed by atoms with Gasteiger partial charge in [-0.15, -0.1) is 6.58 Å². The topological polar surface area (TPSA) is 3.24 Å². The van der Waals surface area contributed by atoms with Crippen LogP contribution >= 0.6 is 0 Å². The summed E-state index contributed by atoms with van der Waals surface area (Å²) in [4.78, 5) is 2.43. The Labute approximate surface area is 153 Å². The van der Waals surface area contributed by atoms with Crippen molar-refractivity contribution in [1.29, 1.82) is 0 Å². The molecule has 0 spiro atoms. The third-order valence-corrected chi connectivity index (χ3v) is 4.32. The SMILES string of the molecule is C=C/C=C/c1ccc(-c2ccc(N(CCC)CCC=C)cc2)c(C)c1. The number of aryl methyl sites for hydroxylation is 1. The minimum Gasteiger partial charge on any atom is -0.371 e. The first-order valence-corrected chi connectivity index (χ1v) is 9.05. The van der Waals surface area contributed by atoms with Gasteiger partial charge in [0.2, 0.25) is 0 Å². The largest absolute Gasteiger partial charge is 0.371 e. The van der Waals surface area contributed by atoms with E-state index in [-0.39, 0.29) is 0 Å². The van der Waals surface area contributed by atoms with Crippen LogP contribution in [0.1, 0.15) is 30.9 Å². The van der Waals surface area contributed by atoms with Crippen LogP contribution in [0, 0.1) is 6.92 Å². The lowest BCUT2D eigenvalue weighted by Gasteiger charge is -2.24. The molecule has 0 amide bonds. The van der Waals surface area contributed by atoms with E-state index in [9.17, 15) is 0 Å². The lowest BCUT2D eigenvalue weighted by atomic mass is 9.98. The van der Waals surface area contributed by atoms with Crippen molar-refractivity contribution < 1.29 is 0 Å². The molecule has 0 fully saturated rings. The number of anilines is 1. The van der Waals surface area contributed by atoms with Gasteiger partial charge in [-0.3, -0.25) is 0 Å². The van der Waals surface area contributed by atoms with Crippen molar-refractivity contribution >= 4 is 11.8 Å². The molecule has 0 atom stereocenters. The van der Waals surface area contributed by atoms with E-state index in [0.29, 0.717) is 0 Å². The fraction of sp³-hybridized carbons (Fsp3) is 0.250. The molecule has 0 aliphatic heterocycles. The lowest BCUT2D eigenvalue weighted by Crippen LogP contribution is -2.24. The van der Waals surface area contributed by atoms with Crippen molar-refractivity contribution in [2.75, 3.05) is 18.0 Å². The molecule has 0 unspecified atom stereocenters. The fourth-order valence-electron chi connectivity index (χ4n) is 3.03. The highest BCUT2D eigenvalue weighted by Crippen LogP contribution is 2.27. The summed E-state index contributed by atoms with van der Waals surface area (Å²) in [6.45, 7) is 14.1. The van der Waals surface area contributed by atoms with Crippen LogP contribution in [0.15, 0.2) is 73.9 Å². The van der Waals surface area contributed by atoms with Gasteiger partial charge < -0.3 is 4.90 Å². The van der Waals surface area contributed by atoms with E-state index < -0.39 is 0 Å². The molecule has 0 aliphatic carbocycles. The predicted molar refractivity (Wildman–Crippen MR) is 113 cm³/mol. The number of nitrogens with zero attached hydrogens (tertiary/aromatic N) is 1. The highest BCUT2D eigenvalue weighted by atomic mass is 15.1. The number of rotatable bonds is 9. The number of benzene rings is 2. The van der Waals surface area contributed by atoms with E-state index >= 15 is 0 Å². The highest BCUT2D eigenvalue weighted by Gasteiger charge is 2.07. The normalized spacial score (nSPS) is 10.8. The maximum absolute atomic E-state index is 3.84. The molecule has 1 heteroatoms. The average molecular weight is 332 g/mol. The maximum atomic E-state index is 3.84. The summed E-state index contributed by atoms with van der Waals surface area (Å²) in [5, 5.41) is 0. The van der Waals surface area contributed by atoms with Crippen LogP contribution in [0.2, 0.25) is 0 Å². The Bertz CT molecular complexity index is 722. The Kier molecular flexibility index (Phi) is 7.28. The molecular formula is C24H29N. The van der Waals surface area contributed by atoms with Crippen molar-refractivity contribution in [3.05, 3.63) is 85.0 Å². The van der Waals surface area contributed by atoms with Gasteiger partial charge >= 0.3 is 0 Å². The second-order valence-corrected chi connectivity index (χ2v) is 6.28. The molecule has 0 radical (unpaired) electrons. The average Bonchev–Trinajstić information content (AvgIpc) is 2.64. The smallest absolute Gasteiger partial charge is 0.0366 e. The van der Waals surface area contributed by atoms with E-state index in [1.165, 1.54) is 27.9 Å². The maximum Gasteiger partial charge on any atom is 0.0366 e. The molecule has 2 aromatic rings. The minimum atomic E-state index is 1.01. The molecule has 0 heterocycles. The van der Waals surface area contributed by atoms with Gasteiger partial charge in [-0.05, 0) is 54.2 Å². The minimum absolute atomic E-state index is 1.01. The van der Waals surface area contributed by atoms with Gasteiger partial charge in [-0.1, -0.05) is 68.1 Å². The standard InChI is InChI=1S/C24H29N/c1-5-8-10-21-11-16-24(20(4)19-21)22-12-14-23(15-13-22)25(17-7-3)18-9-6-2/h5-6,8,10-16,19H,1-2,7,9,17-18H2,3-4H3/b10-8+. The molecule has 2 rings (SSSR count). The Morgan fingerprint density at radius 2 is 1.76 bits per heavy atom. The first-order valence-electron chi connectivity index (χ1n) is 9.05. The van der Waals surface area contributed by atoms with Crippen molar-refractivity contribution in [2.24, 2.45) is 0 Å². The first-order chi connectivity index (χ1) is 12.2. The van der Waals surface area contributed by atoms with Gasteiger partial charge in [0.05, 0.1) is 0 Å². The van der Waals surface area contributed by atoms with E-state index in [1.54, 1.807) is 6.08 Å². The van der Waals surface area contributed by atoms with Crippen LogP contribution < -0.4 is 4.90 Å². The van der Waals surface area contributed by atoms with Gasteiger partial charge in [0, 0.05) is 18.8 Å². The van der Waals surface area contributed by atoms with E-state index in [0.717, 1.165) is 25.9 Å². The van der Waals surface area contributed by atoms with Crippen molar-refractivity contribution in [1.82, 2.24) is 0 Å². The molecule has 25 heavy (non-hydrogen) atoms. The molecule has 2 aromatic carbocycles. The van der Waals surface area contributed by atoms with Gasteiger partial charge in [-0.2, -0.15) is 0 Å². The Balaban J connectivity index is 2.22. The fourth-order valence-corrected chi connectivity index (χ4v) is 3.03. The quantitative estimate of drug-likeness (QED) is 0.367. The van der Waals surface area contributed by atoms with Crippen LogP contribution in [0.25, 0.3) is 17.2 Å². The highest BCUT2D eigenvalue weighted by molar-refractivity contribution is 5.71. The molecule has 0 saturated heterocycles. The second-order valence-electron chi connectivity index (χ2n) is 6.28. The van der Waals surface area contributed by atoms with Crippen molar-refractivity contribution in [3.8, 4) is 11.1 Å². The summed E-state index contributed by atoms with van der Waals surface area (Å²) in [5.41, 5.74) is 6.33. The second kappa shape index (κ2) is 9.68. The number of hydrogen-bond acceptors (Lipinski definition) is 1. The van der Waals surface area contributed by atoms with Crippen LogP contribution in [0.4, 0.5) is 5.69 Å². The van der Waals surface area contributed by atoms with E-state index in [4.69, 9.17) is 0 Å². The number of hydrogen-bond donors (Lipinski definition) is 0. The Morgan fingerprint density at radius 1 is 1.00 bits per heavy atom.